The number of aliphatic hydroxyl groups is 1. The van der Waals surface area contributed by atoms with E-state index in [-0.39, 0.29) is 5.88 Å². The van der Waals surface area contributed by atoms with Gasteiger partial charge in [-0.2, -0.15) is 0 Å². The Kier molecular flexibility index (Phi) is 18.5. The van der Waals surface area contributed by atoms with E-state index in [4.69, 9.17) is 21.8 Å². The second-order valence-electron chi connectivity index (χ2n) is 3.37. The molecule has 0 unspecified atom stereocenters. The first kappa shape index (κ1) is 17.1. The van der Waals surface area contributed by atoms with Crippen LogP contribution in [0.2, 0.25) is 0 Å². The number of hydrogen-bond donors (Lipinski definition) is 2. The molecule has 0 aliphatic rings. The van der Waals surface area contributed by atoms with Crippen molar-refractivity contribution in [1.82, 2.24) is 0 Å². The number of rotatable bonds is 8. The molecule has 0 aliphatic heterocycles. The lowest BCUT2D eigenvalue weighted by atomic mass is 10.1. The third kappa shape index (κ3) is 24.8. The highest BCUT2D eigenvalue weighted by Gasteiger charge is 1.88. The Morgan fingerprint density at radius 2 is 1.47 bits per heavy atom. The van der Waals surface area contributed by atoms with Crippen molar-refractivity contribution < 1.29 is 15.0 Å². The molecule has 0 atom stereocenters. The minimum Gasteiger partial charge on any atom is -0.480 e. The summed E-state index contributed by atoms with van der Waals surface area (Å²) in [4.78, 5) is 9.24. The van der Waals surface area contributed by atoms with Crippen LogP contribution in [0.3, 0.4) is 0 Å². The van der Waals surface area contributed by atoms with Crippen LogP contribution in [-0.4, -0.2) is 28.7 Å². The first-order valence-electron chi connectivity index (χ1n) is 5.57. The number of aliphatic hydroxyl groups excluding tert-OH is 1. The average molecular weight is 239 g/mol. The van der Waals surface area contributed by atoms with Crippen molar-refractivity contribution in [3.63, 3.8) is 0 Å². The topological polar surface area (TPSA) is 57.5 Å². The summed E-state index contributed by atoms with van der Waals surface area (Å²) in [7, 11) is 0. The molecule has 0 fully saturated rings. The molecular formula is C11H23ClO3. The first-order chi connectivity index (χ1) is 7.18. The molecule has 0 heterocycles. The van der Waals surface area contributed by atoms with E-state index >= 15 is 0 Å². The Bertz CT molecular complexity index is 121. The van der Waals surface area contributed by atoms with E-state index in [2.05, 4.69) is 6.92 Å². The van der Waals surface area contributed by atoms with Gasteiger partial charge < -0.3 is 10.2 Å². The van der Waals surface area contributed by atoms with Gasteiger partial charge in [-0.15, -0.1) is 11.6 Å². The molecule has 0 spiro atoms. The Morgan fingerprint density at radius 3 is 1.80 bits per heavy atom. The average Bonchev–Trinajstić information content (AvgIpc) is 2.24. The summed E-state index contributed by atoms with van der Waals surface area (Å²) in [6.45, 7) is 2.60. The van der Waals surface area contributed by atoms with Crippen LogP contribution >= 0.6 is 11.6 Å². The summed E-state index contributed by atoms with van der Waals surface area (Å²) in [5.74, 6) is -1.29. The van der Waals surface area contributed by atoms with Gasteiger partial charge in [-0.3, -0.25) is 4.79 Å². The van der Waals surface area contributed by atoms with Gasteiger partial charge in [0.25, 0.3) is 0 Å². The van der Waals surface area contributed by atoms with Crippen LogP contribution in [0.4, 0.5) is 0 Å². The third-order valence-corrected chi connectivity index (χ3v) is 2.10. The van der Waals surface area contributed by atoms with Crippen LogP contribution in [0.1, 0.15) is 51.9 Å². The van der Waals surface area contributed by atoms with E-state index in [0.717, 1.165) is 6.42 Å². The highest BCUT2D eigenvalue weighted by atomic mass is 35.5. The molecule has 15 heavy (non-hydrogen) atoms. The summed E-state index contributed by atoms with van der Waals surface area (Å²) in [6.07, 6.45) is 8.93. The van der Waals surface area contributed by atoms with Crippen molar-refractivity contribution in [2.75, 3.05) is 12.5 Å². The zero-order valence-electron chi connectivity index (χ0n) is 9.54. The largest absolute Gasteiger partial charge is 0.480 e. The second kappa shape index (κ2) is 16.2. The maximum Gasteiger partial charge on any atom is 0.318 e. The fourth-order valence-electron chi connectivity index (χ4n) is 1.07. The normalized spacial score (nSPS) is 9.27. The lowest BCUT2D eigenvalue weighted by molar-refractivity contribution is -0.134. The molecule has 0 aromatic rings. The van der Waals surface area contributed by atoms with Crippen molar-refractivity contribution >= 4 is 17.6 Å². The molecule has 92 valence electrons. The fraction of sp³-hybridized carbons (Fsp3) is 0.909. The molecule has 0 aliphatic carbocycles. The van der Waals surface area contributed by atoms with E-state index in [1.165, 1.54) is 38.5 Å². The number of hydrogen-bond acceptors (Lipinski definition) is 2. The summed E-state index contributed by atoms with van der Waals surface area (Å²) >= 11 is 4.74. The minimum absolute atomic E-state index is 0.306. The summed E-state index contributed by atoms with van der Waals surface area (Å²) in [5.41, 5.74) is 0. The molecule has 0 aromatic heterocycles. The van der Waals surface area contributed by atoms with Gasteiger partial charge in [0, 0.05) is 6.61 Å². The SMILES string of the molecule is CCCCCCCCCO.O=C(O)CCl. The molecule has 0 bridgehead atoms. The highest BCUT2D eigenvalue weighted by Crippen LogP contribution is 2.05. The van der Waals surface area contributed by atoms with Crippen LogP contribution in [0.25, 0.3) is 0 Å². The van der Waals surface area contributed by atoms with Crippen molar-refractivity contribution in [3.05, 3.63) is 0 Å². The van der Waals surface area contributed by atoms with Gasteiger partial charge >= 0.3 is 5.97 Å². The Labute approximate surface area is 97.4 Å². The predicted octanol–water partition coefficient (Wildman–Crippen LogP) is 3.04. The lowest BCUT2D eigenvalue weighted by Gasteiger charge is -1.97. The van der Waals surface area contributed by atoms with Crippen LogP contribution in [0.5, 0.6) is 0 Å². The Hall–Kier alpha value is -0.280. The van der Waals surface area contributed by atoms with Crippen molar-refractivity contribution in [3.8, 4) is 0 Å². The van der Waals surface area contributed by atoms with Crippen molar-refractivity contribution in [1.29, 1.82) is 0 Å². The van der Waals surface area contributed by atoms with Crippen molar-refractivity contribution in [2.24, 2.45) is 0 Å². The highest BCUT2D eigenvalue weighted by molar-refractivity contribution is 6.26. The van der Waals surface area contributed by atoms with Crippen LogP contribution < -0.4 is 0 Å². The van der Waals surface area contributed by atoms with Gasteiger partial charge in [-0.1, -0.05) is 45.4 Å². The smallest absolute Gasteiger partial charge is 0.318 e. The monoisotopic (exact) mass is 238 g/mol. The van der Waals surface area contributed by atoms with Crippen LogP contribution in [-0.2, 0) is 4.79 Å². The fourth-order valence-corrected chi connectivity index (χ4v) is 1.07. The van der Waals surface area contributed by atoms with Crippen molar-refractivity contribution in [2.45, 2.75) is 51.9 Å². The molecule has 0 saturated heterocycles. The number of unbranched alkanes of at least 4 members (excludes halogenated alkanes) is 6. The zero-order valence-corrected chi connectivity index (χ0v) is 10.3. The Morgan fingerprint density at radius 1 is 1.07 bits per heavy atom. The number of alkyl halides is 1. The molecular weight excluding hydrogens is 216 g/mol. The first-order valence-corrected chi connectivity index (χ1v) is 6.11. The van der Waals surface area contributed by atoms with E-state index in [1.54, 1.807) is 0 Å². The van der Waals surface area contributed by atoms with Gasteiger partial charge in [0.15, 0.2) is 0 Å². The molecule has 3 nitrogen and oxygen atoms in total. The van der Waals surface area contributed by atoms with E-state index in [1.807, 2.05) is 0 Å². The van der Waals surface area contributed by atoms with Gasteiger partial charge in [-0.25, -0.2) is 0 Å². The quantitative estimate of drug-likeness (QED) is 0.505. The van der Waals surface area contributed by atoms with Gasteiger partial charge in [0.2, 0.25) is 0 Å². The standard InChI is InChI=1S/C9H20O.C2H3ClO2/c1-2-3-4-5-6-7-8-9-10;3-1-2(4)5/h10H,2-9H2,1H3;1H2,(H,4,5). The number of carbonyl (C=O) groups is 1. The van der Waals surface area contributed by atoms with E-state index < -0.39 is 5.97 Å². The summed E-state index contributed by atoms with van der Waals surface area (Å²) in [6, 6.07) is 0. The second-order valence-corrected chi connectivity index (χ2v) is 3.64. The summed E-state index contributed by atoms with van der Waals surface area (Å²) < 4.78 is 0. The third-order valence-electron chi connectivity index (χ3n) is 1.88. The van der Waals surface area contributed by atoms with E-state index in [9.17, 15) is 4.79 Å². The zero-order chi connectivity index (χ0) is 11.9. The van der Waals surface area contributed by atoms with Gasteiger partial charge in [-0.05, 0) is 6.42 Å². The molecule has 0 rings (SSSR count). The maximum atomic E-state index is 9.24. The number of carboxylic acids is 1. The molecule has 2 N–H and O–H groups in total. The van der Waals surface area contributed by atoms with E-state index in [0.29, 0.717) is 6.61 Å². The van der Waals surface area contributed by atoms with Gasteiger partial charge in [0.05, 0.1) is 0 Å². The Balaban J connectivity index is 0. The lowest BCUT2D eigenvalue weighted by Crippen LogP contribution is -1.92. The minimum atomic E-state index is -0.980. The molecule has 0 aromatic carbocycles. The van der Waals surface area contributed by atoms with Crippen LogP contribution in [0, 0.1) is 0 Å². The number of aliphatic carboxylic acids is 1. The predicted molar refractivity (Wildman–Crippen MR) is 63.4 cm³/mol. The molecule has 4 heteroatoms. The molecule has 0 radical (unpaired) electrons. The molecule has 0 amide bonds. The maximum absolute atomic E-state index is 9.24. The van der Waals surface area contributed by atoms with Gasteiger partial charge in [0.1, 0.15) is 5.88 Å². The summed E-state index contributed by atoms with van der Waals surface area (Å²) in [5, 5.41) is 16.1. The van der Waals surface area contributed by atoms with Crippen LogP contribution in [0.15, 0.2) is 0 Å². The number of halogens is 1. The number of carboxylic acid groups (broad SMARTS) is 1. The molecule has 0 saturated carbocycles.